The summed E-state index contributed by atoms with van der Waals surface area (Å²) in [7, 11) is 0. The summed E-state index contributed by atoms with van der Waals surface area (Å²) in [5, 5.41) is 3.01. The second-order valence-electron chi connectivity index (χ2n) is 7.48. The third-order valence-corrected chi connectivity index (χ3v) is 5.61. The molecular formula is C20H30ClN3O2. The second-order valence-corrected chi connectivity index (χ2v) is 7.48. The van der Waals surface area contributed by atoms with Crippen molar-refractivity contribution in [1.82, 2.24) is 10.2 Å². The van der Waals surface area contributed by atoms with E-state index >= 15 is 0 Å². The third kappa shape index (κ3) is 5.45. The van der Waals surface area contributed by atoms with Gasteiger partial charge < -0.3 is 16.0 Å². The summed E-state index contributed by atoms with van der Waals surface area (Å²) >= 11 is 0. The van der Waals surface area contributed by atoms with Crippen molar-refractivity contribution >= 4 is 24.2 Å². The number of piperidine rings is 1. The molecule has 3 atom stereocenters. The van der Waals surface area contributed by atoms with Crippen molar-refractivity contribution in [2.75, 3.05) is 19.6 Å². The van der Waals surface area contributed by atoms with Crippen LogP contribution in [-0.4, -0.2) is 42.4 Å². The molecule has 1 saturated heterocycles. The lowest BCUT2D eigenvalue weighted by atomic mass is 9.95. The number of likely N-dealkylation sites (tertiary alicyclic amines) is 1. The highest BCUT2D eigenvalue weighted by molar-refractivity contribution is 5.94. The number of benzene rings is 1. The van der Waals surface area contributed by atoms with Crippen LogP contribution in [-0.2, 0) is 4.79 Å². The predicted molar refractivity (Wildman–Crippen MR) is 105 cm³/mol. The summed E-state index contributed by atoms with van der Waals surface area (Å²) in [6, 6.07) is 9.45. The van der Waals surface area contributed by atoms with Gasteiger partial charge in [0.1, 0.15) is 0 Å². The van der Waals surface area contributed by atoms with Crippen LogP contribution in [0.2, 0.25) is 0 Å². The van der Waals surface area contributed by atoms with Gasteiger partial charge in [0.05, 0.1) is 0 Å². The standard InChI is InChI=1S/C20H29N3O2.ClH/c21-18-10-4-9-17(18)12-19(24)23-11-5-6-15(14-23)13-22-20(25)16-7-2-1-3-8-16;/h1-3,7-8,15,17-18H,4-6,9-14,21H2,(H,22,25);1H/t15?,17-,18+;/m0./s1. The highest BCUT2D eigenvalue weighted by atomic mass is 35.5. The molecule has 3 N–H and O–H groups in total. The Labute approximate surface area is 162 Å². The maximum atomic E-state index is 12.6. The van der Waals surface area contributed by atoms with E-state index in [2.05, 4.69) is 5.32 Å². The molecule has 0 radical (unpaired) electrons. The first-order valence-corrected chi connectivity index (χ1v) is 9.50. The monoisotopic (exact) mass is 379 g/mol. The zero-order valence-corrected chi connectivity index (χ0v) is 16.0. The van der Waals surface area contributed by atoms with E-state index in [1.807, 2.05) is 35.2 Å². The normalized spacial score (nSPS) is 25.4. The van der Waals surface area contributed by atoms with Crippen LogP contribution in [0.1, 0.15) is 48.9 Å². The lowest BCUT2D eigenvalue weighted by molar-refractivity contribution is -0.134. The molecule has 2 fully saturated rings. The van der Waals surface area contributed by atoms with Gasteiger partial charge in [-0.3, -0.25) is 9.59 Å². The number of amides is 2. The molecule has 1 unspecified atom stereocenters. The molecule has 1 aliphatic carbocycles. The van der Waals surface area contributed by atoms with Gasteiger partial charge >= 0.3 is 0 Å². The number of hydrogen-bond donors (Lipinski definition) is 2. The van der Waals surface area contributed by atoms with Gasteiger partial charge in [0.2, 0.25) is 5.91 Å². The second kappa shape index (κ2) is 9.93. The first-order chi connectivity index (χ1) is 12.1. The molecule has 0 aromatic heterocycles. The van der Waals surface area contributed by atoms with E-state index in [0.29, 0.717) is 30.4 Å². The SMILES string of the molecule is Cl.N[C@@H]1CCC[C@H]1CC(=O)N1CCCC(CNC(=O)c2ccccc2)C1. The van der Waals surface area contributed by atoms with Crippen molar-refractivity contribution in [3.63, 3.8) is 0 Å². The quantitative estimate of drug-likeness (QED) is 0.825. The van der Waals surface area contributed by atoms with Crippen molar-refractivity contribution in [1.29, 1.82) is 0 Å². The molecule has 1 saturated carbocycles. The fourth-order valence-corrected chi connectivity index (χ4v) is 4.06. The molecule has 144 valence electrons. The highest BCUT2D eigenvalue weighted by Crippen LogP contribution is 2.28. The number of nitrogens with one attached hydrogen (secondary N) is 1. The van der Waals surface area contributed by atoms with Crippen LogP contribution < -0.4 is 11.1 Å². The molecule has 26 heavy (non-hydrogen) atoms. The lowest BCUT2D eigenvalue weighted by Crippen LogP contribution is -2.44. The highest BCUT2D eigenvalue weighted by Gasteiger charge is 2.30. The van der Waals surface area contributed by atoms with Gasteiger partial charge in [-0.25, -0.2) is 0 Å². The predicted octanol–water partition coefficient (Wildman–Crippen LogP) is 2.59. The van der Waals surface area contributed by atoms with E-state index in [0.717, 1.165) is 45.2 Å². The minimum atomic E-state index is -0.0408. The molecule has 2 amide bonds. The maximum absolute atomic E-state index is 12.6. The molecule has 3 rings (SSSR count). The number of nitrogens with two attached hydrogens (primary N) is 1. The average molecular weight is 380 g/mol. The van der Waals surface area contributed by atoms with E-state index in [4.69, 9.17) is 5.73 Å². The summed E-state index contributed by atoms with van der Waals surface area (Å²) in [5.74, 6) is 0.885. The van der Waals surface area contributed by atoms with Gasteiger partial charge in [0.25, 0.3) is 5.91 Å². The van der Waals surface area contributed by atoms with Crippen LogP contribution in [0.25, 0.3) is 0 Å². The molecular weight excluding hydrogens is 350 g/mol. The number of hydrogen-bond acceptors (Lipinski definition) is 3. The molecule has 1 heterocycles. The van der Waals surface area contributed by atoms with Crippen molar-refractivity contribution in [2.45, 2.75) is 44.6 Å². The Morgan fingerprint density at radius 2 is 1.88 bits per heavy atom. The number of nitrogens with zero attached hydrogens (tertiary/aromatic N) is 1. The lowest BCUT2D eigenvalue weighted by Gasteiger charge is -2.34. The van der Waals surface area contributed by atoms with E-state index in [1.54, 1.807) is 0 Å². The smallest absolute Gasteiger partial charge is 0.251 e. The van der Waals surface area contributed by atoms with E-state index < -0.39 is 0 Å². The first-order valence-electron chi connectivity index (χ1n) is 9.50. The summed E-state index contributed by atoms with van der Waals surface area (Å²) in [4.78, 5) is 26.7. The number of halogens is 1. The zero-order chi connectivity index (χ0) is 17.6. The molecule has 1 aliphatic heterocycles. The Hall–Kier alpha value is -1.59. The molecule has 0 bridgehead atoms. The van der Waals surface area contributed by atoms with Gasteiger partial charge in [-0.1, -0.05) is 24.6 Å². The van der Waals surface area contributed by atoms with Gasteiger partial charge in [0.15, 0.2) is 0 Å². The van der Waals surface area contributed by atoms with Crippen LogP contribution in [0.4, 0.5) is 0 Å². The fourth-order valence-electron chi connectivity index (χ4n) is 4.06. The molecule has 1 aromatic rings. The Bertz CT molecular complexity index is 596. The maximum Gasteiger partial charge on any atom is 0.251 e. The van der Waals surface area contributed by atoms with Crippen molar-refractivity contribution < 1.29 is 9.59 Å². The minimum absolute atomic E-state index is 0. The Morgan fingerprint density at radius 3 is 2.58 bits per heavy atom. The summed E-state index contributed by atoms with van der Waals surface area (Å²) in [5.41, 5.74) is 6.78. The van der Waals surface area contributed by atoms with Crippen LogP contribution in [0.15, 0.2) is 30.3 Å². The van der Waals surface area contributed by atoms with Crippen LogP contribution in [0.5, 0.6) is 0 Å². The van der Waals surface area contributed by atoms with E-state index in [1.165, 1.54) is 0 Å². The molecule has 6 heteroatoms. The van der Waals surface area contributed by atoms with Gasteiger partial charge in [-0.2, -0.15) is 0 Å². The molecule has 5 nitrogen and oxygen atoms in total. The minimum Gasteiger partial charge on any atom is -0.352 e. The fraction of sp³-hybridized carbons (Fsp3) is 0.600. The summed E-state index contributed by atoms with van der Waals surface area (Å²) in [6.45, 7) is 2.21. The summed E-state index contributed by atoms with van der Waals surface area (Å²) < 4.78 is 0. The van der Waals surface area contributed by atoms with Gasteiger partial charge in [-0.05, 0) is 49.7 Å². The van der Waals surface area contributed by atoms with E-state index in [9.17, 15) is 9.59 Å². The first kappa shape index (κ1) is 20.7. The van der Waals surface area contributed by atoms with Gasteiger partial charge in [-0.15, -0.1) is 12.4 Å². The Morgan fingerprint density at radius 1 is 1.12 bits per heavy atom. The van der Waals surface area contributed by atoms with Crippen molar-refractivity contribution in [3.8, 4) is 0 Å². The van der Waals surface area contributed by atoms with Crippen LogP contribution in [0, 0.1) is 11.8 Å². The van der Waals surface area contributed by atoms with Crippen molar-refractivity contribution in [3.05, 3.63) is 35.9 Å². The Kier molecular flexibility index (Phi) is 7.91. The van der Waals surface area contributed by atoms with E-state index in [-0.39, 0.29) is 30.3 Å². The molecule has 1 aromatic carbocycles. The average Bonchev–Trinajstić information content (AvgIpc) is 3.05. The number of rotatable bonds is 5. The van der Waals surface area contributed by atoms with Gasteiger partial charge in [0, 0.05) is 37.7 Å². The number of carbonyl (C=O) groups is 2. The van der Waals surface area contributed by atoms with Crippen molar-refractivity contribution in [2.24, 2.45) is 17.6 Å². The largest absolute Gasteiger partial charge is 0.352 e. The Balaban J connectivity index is 0.00000243. The van der Waals surface area contributed by atoms with Crippen LogP contribution in [0.3, 0.4) is 0 Å². The zero-order valence-electron chi connectivity index (χ0n) is 15.2. The molecule has 2 aliphatic rings. The summed E-state index contributed by atoms with van der Waals surface area (Å²) in [6.07, 6.45) is 5.93. The molecule has 0 spiro atoms. The van der Waals surface area contributed by atoms with Crippen LogP contribution >= 0.6 is 12.4 Å². The third-order valence-electron chi connectivity index (χ3n) is 5.61. The number of carbonyl (C=O) groups excluding carboxylic acids is 2. The topological polar surface area (TPSA) is 75.4 Å².